The lowest BCUT2D eigenvalue weighted by Gasteiger charge is -2.14. The van der Waals surface area contributed by atoms with Crippen LogP contribution in [-0.2, 0) is 11.0 Å². The molecule has 3 aromatic rings. The third-order valence-electron chi connectivity index (χ3n) is 4.00. The number of thiophene rings is 1. The van der Waals surface area contributed by atoms with E-state index < -0.39 is 22.9 Å². The number of hydrogen-bond donors (Lipinski definition) is 2. The molecule has 30 heavy (non-hydrogen) atoms. The molecule has 2 N–H and O–H groups in total. The summed E-state index contributed by atoms with van der Waals surface area (Å²) in [7, 11) is 0. The van der Waals surface area contributed by atoms with Gasteiger partial charge in [0.2, 0.25) is 5.91 Å². The Kier molecular flexibility index (Phi) is 6.84. The van der Waals surface area contributed by atoms with Crippen molar-refractivity contribution in [3.8, 4) is 0 Å². The van der Waals surface area contributed by atoms with Crippen molar-refractivity contribution < 1.29 is 22.8 Å². The number of benzene rings is 2. The molecule has 0 bridgehead atoms. The Bertz CT molecular complexity index is 1020. The molecule has 1 unspecified atom stereocenters. The number of thioether (sulfide) groups is 1. The summed E-state index contributed by atoms with van der Waals surface area (Å²) in [6, 6.07) is 15.0. The Morgan fingerprint density at radius 2 is 1.70 bits per heavy atom. The number of alkyl halides is 3. The lowest BCUT2D eigenvalue weighted by Crippen LogP contribution is -2.22. The van der Waals surface area contributed by atoms with Gasteiger partial charge in [0.25, 0.3) is 5.91 Å². The number of hydrogen-bond acceptors (Lipinski definition) is 4. The minimum Gasteiger partial charge on any atom is -0.325 e. The summed E-state index contributed by atoms with van der Waals surface area (Å²) < 4.78 is 38.4. The minimum atomic E-state index is -4.47. The van der Waals surface area contributed by atoms with Crippen LogP contribution >= 0.6 is 23.1 Å². The van der Waals surface area contributed by atoms with Gasteiger partial charge in [0.1, 0.15) is 0 Å². The highest BCUT2D eigenvalue weighted by molar-refractivity contribution is 8.00. The van der Waals surface area contributed by atoms with Crippen molar-refractivity contribution in [1.82, 2.24) is 0 Å². The lowest BCUT2D eigenvalue weighted by molar-refractivity contribution is -0.137. The van der Waals surface area contributed by atoms with E-state index in [0.29, 0.717) is 10.6 Å². The highest BCUT2D eigenvalue weighted by atomic mass is 32.2. The topological polar surface area (TPSA) is 58.2 Å². The van der Waals surface area contributed by atoms with Crippen LogP contribution in [0.25, 0.3) is 0 Å². The zero-order chi connectivity index (χ0) is 21.7. The monoisotopic (exact) mass is 450 g/mol. The van der Waals surface area contributed by atoms with Crippen molar-refractivity contribution in [1.29, 1.82) is 0 Å². The van der Waals surface area contributed by atoms with Gasteiger partial charge in [0.15, 0.2) is 0 Å². The van der Waals surface area contributed by atoms with Gasteiger partial charge in [-0.3, -0.25) is 9.59 Å². The van der Waals surface area contributed by atoms with Crippen molar-refractivity contribution in [2.45, 2.75) is 23.2 Å². The van der Waals surface area contributed by atoms with E-state index in [9.17, 15) is 22.8 Å². The zero-order valence-electron chi connectivity index (χ0n) is 15.7. The summed E-state index contributed by atoms with van der Waals surface area (Å²) in [4.78, 5) is 25.8. The van der Waals surface area contributed by atoms with Crippen LogP contribution in [0.2, 0.25) is 0 Å². The van der Waals surface area contributed by atoms with Gasteiger partial charge < -0.3 is 10.6 Å². The van der Waals surface area contributed by atoms with Crippen molar-refractivity contribution in [3.05, 3.63) is 76.5 Å². The molecule has 0 aliphatic heterocycles. The number of carbonyl (C=O) groups is 2. The average molecular weight is 451 g/mol. The van der Waals surface area contributed by atoms with Crippen LogP contribution in [0, 0.1) is 0 Å². The van der Waals surface area contributed by atoms with Crippen LogP contribution in [-0.4, -0.2) is 17.1 Å². The van der Waals surface area contributed by atoms with E-state index in [2.05, 4.69) is 10.6 Å². The molecule has 1 atom stereocenters. The smallest absolute Gasteiger partial charge is 0.325 e. The first-order valence-electron chi connectivity index (χ1n) is 8.82. The van der Waals surface area contributed by atoms with Crippen LogP contribution in [0.5, 0.6) is 0 Å². The molecule has 0 saturated carbocycles. The third-order valence-corrected chi connectivity index (χ3v) is 5.98. The van der Waals surface area contributed by atoms with Gasteiger partial charge >= 0.3 is 6.18 Å². The zero-order valence-corrected chi connectivity index (χ0v) is 17.3. The number of carbonyl (C=O) groups excluding carboxylic acids is 2. The molecule has 0 radical (unpaired) electrons. The Morgan fingerprint density at radius 3 is 2.33 bits per heavy atom. The Labute approximate surface area is 179 Å². The Balaban J connectivity index is 1.57. The fraction of sp³-hybridized carbons (Fsp3) is 0.143. The number of amides is 2. The highest BCUT2D eigenvalue weighted by Crippen LogP contribution is 2.31. The van der Waals surface area contributed by atoms with E-state index in [4.69, 9.17) is 0 Å². The van der Waals surface area contributed by atoms with Crippen LogP contribution in [0.15, 0.2) is 70.9 Å². The molecule has 156 valence electrons. The van der Waals surface area contributed by atoms with Crippen LogP contribution in [0.1, 0.15) is 22.2 Å². The highest BCUT2D eigenvalue weighted by Gasteiger charge is 2.30. The molecule has 0 fully saturated rings. The summed E-state index contributed by atoms with van der Waals surface area (Å²) in [6.45, 7) is 1.67. The summed E-state index contributed by atoms with van der Waals surface area (Å²) >= 11 is 2.61. The third kappa shape index (κ3) is 5.87. The molecule has 1 heterocycles. The molecule has 0 aliphatic rings. The molecule has 0 saturated heterocycles. The second-order valence-corrected chi connectivity index (χ2v) is 8.65. The maximum absolute atomic E-state index is 12.8. The van der Waals surface area contributed by atoms with Crippen molar-refractivity contribution in [2.75, 3.05) is 10.6 Å². The van der Waals surface area contributed by atoms with E-state index in [-0.39, 0.29) is 11.6 Å². The molecule has 0 spiro atoms. The predicted octanol–water partition coefficient (Wildman–Crippen LogP) is 6.14. The largest absolute Gasteiger partial charge is 0.416 e. The van der Waals surface area contributed by atoms with E-state index >= 15 is 0 Å². The second kappa shape index (κ2) is 9.36. The molecule has 0 aliphatic carbocycles. The van der Waals surface area contributed by atoms with Crippen molar-refractivity contribution in [3.63, 3.8) is 0 Å². The van der Waals surface area contributed by atoms with E-state index in [1.807, 2.05) is 5.38 Å². The molecule has 2 amide bonds. The SMILES string of the molecule is CC(Sc1ccc(NC(=O)c2cccs2)cc1)C(=O)Nc1cccc(C(F)(F)F)c1. The molecule has 3 rings (SSSR count). The minimum absolute atomic E-state index is 0.0916. The summed E-state index contributed by atoms with van der Waals surface area (Å²) in [5.74, 6) is -0.603. The number of nitrogens with one attached hydrogen (secondary N) is 2. The van der Waals surface area contributed by atoms with Gasteiger partial charge in [-0.15, -0.1) is 23.1 Å². The van der Waals surface area contributed by atoms with Gasteiger partial charge in [-0.25, -0.2) is 0 Å². The standard InChI is InChI=1S/C21H17F3N2O2S2/c1-13(19(27)26-16-5-2-4-14(12-16)21(22,23)24)30-17-9-7-15(8-10-17)25-20(28)18-6-3-11-29-18/h2-13H,1H3,(H,25,28)(H,26,27). The number of anilines is 2. The van der Waals surface area contributed by atoms with Gasteiger partial charge in [0, 0.05) is 16.3 Å². The van der Waals surface area contributed by atoms with Gasteiger partial charge in [-0.2, -0.15) is 13.2 Å². The number of rotatable bonds is 6. The average Bonchev–Trinajstić information content (AvgIpc) is 3.24. The van der Waals surface area contributed by atoms with E-state index in [1.165, 1.54) is 35.2 Å². The van der Waals surface area contributed by atoms with Crippen LogP contribution < -0.4 is 10.6 Å². The van der Waals surface area contributed by atoms with Crippen LogP contribution in [0.4, 0.5) is 24.5 Å². The van der Waals surface area contributed by atoms with Crippen LogP contribution in [0.3, 0.4) is 0 Å². The first-order chi connectivity index (χ1) is 14.2. The predicted molar refractivity (Wildman–Crippen MR) is 114 cm³/mol. The van der Waals surface area contributed by atoms with Crippen molar-refractivity contribution in [2.24, 2.45) is 0 Å². The lowest BCUT2D eigenvalue weighted by atomic mass is 10.2. The fourth-order valence-corrected chi connectivity index (χ4v) is 3.98. The second-order valence-electron chi connectivity index (χ2n) is 6.28. The summed E-state index contributed by atoms with van der Waals surface area (Å²) in [6.07, 6.45) is -4.47. The normalized spacial score (nSPS) is 12.3. The van der Waals surface area contributed by atoms with Crippen molar-refractivity contribution >= 4 is 46.3 Å². The Morgan fingerprint density at radius 1 is 0.967 bits per heavy atom. The molecule has 2 aromatic carbocycles. The first-order valence-corrected chi connectivity index (χ1v) is 10.6. The molecule has 4 nitrogen and oxygen atoms in total. The molecule has 9 heteroatoms. The fourth-order valence-electron chi connectivity index (χ4n) is 2.49. The maximum atomic E-state index is 12.8. The molecular weight excluding hydrogens is 433 g/mol. The summed E-state index contributed by atoms with van der Waals surface area (Å²) in [5, 5.41) is 6.58. The number of halogens is 3. The van der Waals surface area contributed by atoms with Gasteiger partial charge in [-0.1, -0.05) is 12.1 Å². The van der Waals surface area contributed by atoms with Gasteiger partial charge in [-0.05, 0) is 60.8 Å². The molecule has 1 aromatic heterocycles. The van der Waals surface area contributed by atoms with Gasteiger partial charge in [0.05, 0.1) is 15.7 Å². The first kappa shape index (κ1) is 21.9. The Hall–Kier alpha value is -2.78. The summed E-state index contributed by atoms with van der Waals surface area (Å²) in [5.41, 5.74) is -0.103. The molecular formula is C21H17F3N2O2S2. The van der Waals surface area contributed by atoms with E-state index in [0.717, 1.165) is 17.0 Å². The van der Waals surface area contributed by atoms with E-state index in [1.54, 1.807) is 43.3 Å². The quantitative estimate of drug-likeness (QED) is 0.444. The maximum Gasteiger partial charge on any atom is 0.416 e.